The van der Waals surface area contributed by atoms with Crippen LogP contribution in [0.5, 0.6) is 0 Å². The predicted molar refractivity (Wildman–Crippen MR) is 79.2 cm³/mol. The Kier molecular flexibility index (Phi) is 6.73. The van der Waals surface area contributed by atoms with Gasteiger partial charge in [0.15, 0.2) is 0 Å². The van der Waals surface area contributed by atoms with Crippen molar-refractivity contribution >= 4 is 10.2 Å². The molecule has 6 heteroatoms. The van der Waals surface area contributed by atoms with E-state index >= 15 is 0 Å². The first kappa shape index (κ1) is 16.9. The van der Waals surface area contributed by atoms with Gasteiger partial charge in [-0.1, -0.05) is 27.7 Å². The lowest BCUT2D eigenvalue weighted by atomic mass is 10.2. The van der Waals surface area contributed by atoms with Gasteiger partial charge in [-0.25, -0.2) is 4.72 Å². The molecular formula is C13H29N3O2S. The summed E-state index contributed by atoms with van der Waals surface area (Å²) in [5.74, 6) is 0.650. The van der Waals surface area contributed by atoms with E-state index in [-0.39, 0.29) is 0 Å². The molecule has 1 unspecified atom stereocenters. The smallest absolute Gasteiger partial charge is 0.279 e. The summed E-state index contributed by atoms with van der Waals surface area (Å²) in [4.78, 5) is 0. The maximum atomic E-state index is 12.3. The van der Waals surface area contributed by atoms with Gasteiger partial charge in [0.2, 0.25) is 0 Å². The van der Waals surface area contributed by atoms with Crippen LogP contribution in [0.1, 0.15) is 40.5 Å². The van der Waals surface area contributed by atoms with Crippen LogP contribution in [0.4, 0.5) is 0 Å². The average Bonchev–Trinajstić information content (AvgIpc) is 2.78. The van der Waals surface area contributed by atoms with Crippen LogP contribution in [0.25, 0.3) is 0 Å². The summed E-state index contributed by atoms with van der Waals surface area (Å²) in [5.41, 5.74) is 0. The first-order chi connectivity index (χ1) is 8.81. The lowest BCUT2D eigenvalue weighted by Crippen LogP contribution is -2.48. The highest BCUT2D eigenvalue weighted by atomic mass is 32.2. The molecule has 1 saturated heterocycles. The predicted octanol–water partition coefficient (Wildman–Crippen LogP) is 1.19. The largest absolute Gasteiger partial charge is 0.313 e. The van der Waals surface area contributed by atoms with Gasteiger partial charge in [-0.15, -0.1) is 0 Å². The minimum absolute atomic E-state index is 0.300. The van der Waals surface area contributed by atoms with Gasteiger partial charge in [0.25, 0.3) is 10.2 Å². The van der Waals surface area contributed by atoms with Gasteiger partial charge in [-0.3, -0.25) is 0 Å². The van der Waals surface area contributed by atoms with E-state index in [1.165, 1.54) is 0 Å². The second-order valence-electron chi connectivity index (χ2n) is 6.25. The van der Waals surface area contributed by atoms with Crippen molar-refractivity contribution in [3.8, 4) is 0 Å². The van der Waals surface area contributed by atoms with Crippen LogP contribution >= 0.6 is 0 Å². The Morgan fingerprint density at radius 2 is 1.95 bits per heavy atom. The van der Waals surface area contributed by atoms with Crippen molar-refractivity contribution in [2.75, 3.05) is 26.2 Å². The number of rotatable bonds is 8. The average molecular weight is 291 g/mol. The fourth-order valence-electron chi connectivity index (χ4n) is 2.20. The number of nitrogens with one attached hydrogen (secondary N) is 2. The Hall–Kier alpha value is -0.170. The third kappa shape index (κ3) is 6.21. The van der Waals surface area contributed by atoms with Crippen LogP contribution < -0.4 is 10.0 Å². The minimum Gasteiger partial charge on any atom is -0.313 e. The molecule has 19 heavy (non-hydrogen) atoms. The van der Waals surface area contributed by atoms with Gasteiger partial charge in [0.1, 0.15) is 0 Å². The molecule has 1 aliphatic rings. The summed E-state index contributed by atoms with van der Waals surface area (Å²) < 4.78 is 29.0. The molecular weight excluding hydrogens is 262 g/mol. The molecule has 0 spiro atoms. The third-order valence-electron chi connectivity index (χ3n) is 3.17. The molecule has 0 radical (unpaired) electrons. The van der Waals surface area contributed by atoms with Crippen LogP contribution in [0, 0.1) is 11.8 Å². The molecule has 5 nitrogen and oxygen atoms in total. The lowest BCUT2D eigenvalue weighted by molar-refractivity contribution is 0.331. The molecule has 0 bridgehead atoms. The third-order valence-corrected chi connectivity index (χ3v) is 4.68. The minimum atomic E-state index is -3.36. The van der Waals surface area contributed by atoms with Crippen molar-refractivity contribution in [2.45, 2.75) is 46.6 Å². The van der Waals surface area contributed by atoms with Crippen LogP contribution in [0.3, 0.4) is 0 Å². The second kappa shape index (κ2) is 7.57. The summed E-state index contributed by atoms with van der Waals surface area (Å²) in [5, 5.41) is 3.36. The molecule has 0 amide bonds. The highest BCUT2D eigenvalue weighted by Crippen LogP contribution is 2.11. The SMILES string of the molecule is CC(C)CNS(=O)(=O)N(CC(C)C)CC1CCCN1. The van der Waals surface area contributed by atoms with E-state index in [2.05, 4.69) is 10.0 Å². The molecule has 1 atom stereocenters. The number of hydrogen-bond donors (Lipinski definition) is 2. The normalized spacial score (nSPS) is 20.9. The summed E-state index contributed by atoms with van der Waals surface area (Å²) in [6, 6.07) is 0.300. The Balaban J connectivity index is 2.65. The van der Waals surface area contributed by atoms with Crippen LogP contribution in [-0.2, 0) is 10.2 Å². The Morgan fingerprint density at radius 3 is 2.42 bits per heavy atom. The van der Waals surface area contributed by atoms with E-state index in [1.54, 1.807) is 4.31 Å². The zero-order chi connectivity index (χ0) is 14.5. The standard InChI is InChI=1S/C13H29N3O2S/c1-11(2)8-15-19(17,18)16(9-12(3)4)10-13-6-5-7-14-13/h11-15H,5-10H2,1-4H3. The molecule has 0 aromatic rings. The molecule has 0 aromatic carbocycles. The number of nitrogens with zero attached hydrogens (tertiary/aromatic N) is 1. The topological polar surface area (TPSA) is 61.4 Å². The molecule has 2 N–H and O–H groups in total. The van der Waals surface area contributed by atoms with E-state index in [4.69, 9.17) is 0 Å². The monoisotopic (exact) mass is 291 g/mol. The summed E-state index contributed by atoms with van der Waals surface area (Å²) in [7, 11) is -3.36. The zero-order valence-electron chi connectivity index (χ0n) is 12.6. The molecule has 114 valence electrons. The van der Waals surface area contributed by atoms with Crippen molar-refractivity contribution in [1.82, 2.24) is 14.3 Å². The maximum Gasteiger partial charge on any atom is 0.279 e. The number of hydrogen-bond acceptors (Lipinski definition) is 3. The lowest BCUT2D eigenvalue weighted by Gasteiger charge is -2.27. The van der Waals surface area contributed by atoms with E-state index in [0.717, 1.165) is 19.4 Å². The first-order valence-electron chi connectivity index (χ1n) is 7.29. The van der Waals surface area contributed by atoms with Crippen molar-refractivity contribution in [3.05, 3.63) is 0 Å². The quantitative estimate of drug-likeness (QED) is 0.706. The highest BCUT2D eigenvalue weighted by Gasteiger charge is 2.27. The zero-order valence-corrected chi connectivity index (χ0v) is 13.5. The summed E-state index contributed by atoms with van der Waals surface area (Å²) in [6.45, 7) is 10.8. The molecule has 0 aliphatic carbocycles. The van der Waals surface area contributed by atoms with Crippen LogP contribution in [0.2, 0.25) is 0 Å². The molecule has 1 heterocycles. The van der Waals surface area contributed by atoms with Crippen LogP contribution in [0.15, 0.2) is 0 Å². The van der Waals surface area contributed by atoms with Crippen LogP contribution in [-0.4, -0.2) is 44.9 Å². The van der Waals surface area contributed by atoms with E-state index < -0.39 is 10.2 Å². The van der Waals surface area contributed by atoms with Crippen molar-refractivity contribution in [1.29, 1.82) is 0 Å². The van der Waals surface area contributed by atoms with Crippen molar-refractivity contribution in [3.63, 3.8) is 0 Å². The van der Waals surface area contributed by atoms with Crippen molar-refractivity contribution < 1.29 is 8.42 Å². The fourth-order valence-corrected chi connectivity index (χ4v) is 3.80. The Labute approximate surface area is 118 Å². The second-order valence-corrected chi connectivity index (χ2v) is 8.01. The van der Waals surface area contributed by atoms with Gasteiger partial charge in [-0.2, -0.15) is 12.7 Å². The van der Waals surface area contributed by atoms with E-state index in [0.29, 0.717) is 37.5 Å². The fraction of sp³-hybridized carbons (Fsp3) is 1.00. The Bertz CT molecular complexity index is 349. The molecule has 0 saturated carbocycles. The summed E-state index contributed by atoms with van der Waals surface area (Å²) in [6.07, 6.45) is 2.20. The molecule has 1 rings (SSSR count). The van der Waals surface area contributed by atoms with E-state index in [9.17, 15) is 8.42 Å². The van der Waals surface area contributed by atoms with Gasteiger partial charge in [0.05, 0.1) is 0 Å². The van der Waals surface area contributed by atoms with Gasteiger partial charge < -0.3 is 5.32 Å². The van der Waals surface area contributed by atoms with Crippen molar-refractivity contribution in [2.24, 2.45) is 11.8 Å². The van der Waals surface area contributed by atoms with Gasteiger partial charge >= 0.3 is 0 Å². The van der Waals surface area contributed by atoms with Gasteiger partial charge in [0, 0.05) is 25.7 Å². The highest BCUT2D eigenvalue weighted by molar-refractivity contribution is 7.87. The molecule has 1 aliphatic heterocycles. The first-order valence-corrected chi connectivity index (χ1v) is 8.73. The summed E-state index contributed by atoms with van der Waals surface area (Å²) >= 11 is 0. The molecule has 1 fully saturated rings. The Morgan fingerprint density at radius 1 is 1.26 bits per heavy atom. The molecule has 0 aromatic heterocycles. The maximum absolute atomic E-state index is 12.3. The van der Waals surface area contributed by atoms with Gasteiger partial charge in [-0.05, 0) is 31.2 Å². The van der Waals surface area contributed by atoms with E-state index in [1.807, 2.05) is 27.7 Å².